The summed E-state index contributed by atoms with van der Waals surface area (Å²) in [6, 6.07) is 5.84. The predicted octanol–water partition coefficient (Wildman–Crippen LogP) is 3.88. The van der Waals surface area contributed by atoms with E-state index in [4.69, 9.17) is 15.0 Å². The minimum atomic E-state index is -0.624. The van der Waals surface area contributed by atoms with Crippen LogP contribution in [0, 0.1) is 5.82 Å². The van der Waals surface area contributed by atoms with E-state index in [-0.39, 0.29) is 35.6 Å². The summed E-state index contributed by atoms with van der Waals surface area (Å²) in [6.07, 6.45) is 1.28. The molecule has 124 valence electrons. The quantitative estimate of drug-likeness (QED) is 0.347. The summed E-state index contributed by atoms with van der Waals surface area (Å²) in [7, 11) is 1.41. The highest BCUT2D eigenvalue weighted by Crippen LogP contribution is 2.35. The van der Waals surface area contributed by atoms with E-state index in [0.717, 1.165) is 0 Å². The molecular weight excluding hydrogens is 315 g/mol. The number of aromatic nitrogens is 1. The molecule has 0 aliphatic heterocycles. The average Bonchev–Trinajstić information content (AvgIpc) is 2.59. The van der Waals surface area contributed by atoms with Gasteiger partial charge in [0.1, 0.15) is 11.6 Å². The Morgan fingerprint density at radius 1 is 1.46 bits per heavy atom. The first kappa shape index (κ1) is 17.2. The van der Waals surface area contributed by atoms with Gasteiger partial charge in [-0.2, -0.15) is 0 Å². The molecule has 0 amide bonds. The zero-order valence-electron chi connectivity index (χ0n) is 13.2. The van der Waals surface area contributed by atoms with E-state index in [1.165, 1.54) is 31.5 Å². The topological polar surface area (TPSA) is 97.2 Å². The number of benzene rings is 1. The van der Waals surface area contributed by atoms with Gasteiger partial charge in [-0.3, -0.25) is 4.98 Å². The SMILES string of the molecule is CCOC(=O)c1cnc(CN=[N+]=[N-])cc1-c1c(F)cccc1OC. The molecule has 1 heterocycles. The van der Waals surface area contributed by atoms with Gasteiger partial charge in [-0.25, -0.2) is 9.18 Å². The fraction of sp³-hybridized carbons (Fsp3) is 0.250. The third-order valence-corrected chi connectivity index (χ3v) is 3.22. The zero-order valence-corrected chi connectivity index (χ0v) is 13.2. The number of ether oxygens (including phenoxy) is 2. The fourth-order valence-electron chi connectivity index (χ4n) is 2.20. The number of azide groups is 1. The van der Waals surface area contributed by atoms with E-state index in [1.54, 1.807) is 13.0 Å². The molecule has 2 rings (SSSR count). The van der Waals surface area contributed by atoms with Gasteiger partial charge in [-0.1, -0.05) is 11.2 Å². The van der Waals surface area contributed by atoms with E-state index < -0.39 is 11.8 Å². The lowest BCUT2D eigenvalue weighted by molar-refractivity contribution is 0.0527. The summed E-state index contributed by atoms with van der Waals surface area (Å²) in [6.45, 7) is 1.82. The van der Waals surface area contributed by atoms with E-state index in [2.05, 4.69) is 15.0 Å². The Morgan fingerprint density at radius 2 is 2.25 bits per heavy atom. The number of esters is 1. The van der Waals surface area contributed by atoms with Gasteiger partial charge < -0.3 is 9.47 Å². The Morgan fingerprint density at radius 3 is 2.92 bits per heavy atom. The number of nitrogens with zero attached hydrogens (tertiary/aromatic N) is 4. The number of pyridine rings is 1. The second-order valence-corrected chi connectivity index (χ2v) is 4.65. The summed E-state index contributed by atoms with van der Waals surface area (Å²) in [5.74, 6) is -0.914. The van der Waals surface area contributed by atoms with Gasteiger partial charge in [-0.15, -0.1) is 0 Å². The lowest BCUT2D eigenvalue weighted by Crippen LogP contribution is -2.09. The first-order valence-electron chi connectivity index (χ1n) is 7.12. The Hall–Kier alpha value is -3.12. The normalized spacial score (nSPS) is 9.96. The Labute approximate surface area is 137 Å². The number of carbonyl (C=O) groups is 1. The van der Waals surface area contributed by atoms with E-state index >= 15 is 0 Å². The van der Waals surface area contributed by atoms with Crippen LogP contribution >= 0.6 is 0 Å². The van der Waals surface area contributed by atoms with Crippen molar-refractivity contribution in [3.63, 3.8) is 0 Å². The molecule has 0 radical (unpaired) electrons. The molecule has 7 nitrogen and oxygen atoms in total. The molecule has 1 aromatic heterocycles. The molecule has 0 bridgehead atoms. The summed E-state index contributed by atoms with van der Waals surface area (Å²) in [5, 5.41) is 3.43. The predicted molar refractivity (Wildman–Crippen MR) is 85.0 cm³/mol. The van der Waals surface area contributed by atoms with Crippen molar-refractivity contribution in [1.82, 2.24) is 4.98 Å². The number of hydrogen-bond donors (Lipinski definition) is 0. The van der Waals surface area contributed by atoms with Gasteiger partial charge in [-0.05, 0) is 30.7 Å². The van der Waals surface area contributed by atoms with Crippen LogP contribution in [0.4, 0.5) is 4.39 Å². The second kappa shape index (κ2) is 7.94. The summed E-state index contributed by atoms with van der Waals surface area (Å²) < 4.78 is 24.6. The first-order valence-corrected chi connectivity index (χ1v) is 7.12. The maximum Gasteiger partial charge on any atom is 0.340 e. The van der Waals surface area contributed by atoms with Crippen molar-refractivity contribution in [2.75, 3.05) is 13.7 Å². The highest BCUT2D eigenvalue weighted by atomic mass is 19.1. The average molecular weight is 330 g/mol. The largest absolute Gasteiger partial charge is 0.496 e. The molecule has 0 aliphatic carbocycles. The van der Waals surface area contributed by atoms with Crippen LogP contribution in [0.1, 0.15) is 23.0 Å². The third kappa shape index (κ3) is 3.61. The van der Waals surface area contributed by atoms with Crippen LogP contribution in [0.3, 0.4) is 0 Å². The van der Waals surface area contributed by atoms with E-state index in [9.17, 15) is 9.18 Å². The van der Waals surface area contributed by atoms with Crippen LogP contribution in [-0.2, 0) is 11.3 Å². The standard InChI is InChI=1S/C16H15FN4O3/c1-3-24-16(22)12-9-19-10(8-20-21-18)7-11(12)15-13(17)5-4-6-14(15)23-2/h4-7,9H,3,8H2,1-2H3. The van der Waals surface area contributed by atoms with Crippen molar-refractivity contribution in [3.05, 3.63) is 58.0 Å². The lowest BCUT2D eigenvalue weighted by Gasteiger charge is -2.14. The molecule has 0 atom stereocenters. The second-order valence-electron chi connectivity index (χ2n) is 4.65. The van der Waals surface area contributed by atoms with Crippen LogP contribution in [0.25, 0.3) is 21.6 Å². The molecule has 0 fully saturated rings. The van der Waals surface area contributed by atoms with Gasteiger partial charge in [0.15, 0.2) is 0 Å². The van der Waals surface area contributed by atoms with Crippen LogP contribution < -0.4 is 4.74 Å². The van der Waals surface area contributed by atoms with Crippen LogP contribution in [0.5, 0.6) is 5.75 Å². The van der Waals surface area contributed by atoms with Crippen molar-refractivity contribution < 1.29 is 18.7 Å². The molecule has 8 heteroatoms. The Balaban J connectivity index is 2.68. The summed E-state index contributed by atoms with van der Waals surface area (Å²) >= 11 is 0. The highest BCUT2D eigenvalue weighted by Gasteiger charge is 2.21. The molecule has 0 N–H and O–H groups in total. The first-order chi connectivity index (χ1) is 11.6. The van der Waals surface area contributed by atoms with Gasteiger partial charge in [0, 0.05) is 22.4 Å². The van der Waals surface area contributed by atoms with Gasteiger partial charge in [0.2, 0.25) is 0 Å². The minimum absolute atomic E-state index is 0.0244. The molecule has 0 saturated carbocycles. The number of methoxy groups -OCH3 is 1. The Kier molecular flexibility index (Phi) is 5.70. The summed E-state index contributed by atoms with van der Waals surface area (Å²) in [4.78, 5) is 18.9. The molecule has 2 aromatic rings. The minimum Gasteiger partial charge on any atom is -0.496 e. The van der Waals surface area contributed by atoms with Crippen LogP contribution in [0.15, 0.2) is 35.6 Å². The number of rotatable bonds is 6. The number of hydrogen-bond acceptors (Lipinski definition) is 5. The van der Waals surface area contributed by atoms with Gasteiger partial charge in [0.05, 0.1) is 31.4 Å². The molecule has 0 aliphatic rings. The number of carbonyl (C=O) groups excluding carboxylic acids is 1. The maximum atomic E-state index is 14.4. The molecule has 0 unspecified atom stereocenters. The molecule has 1 aromatic carbocycles. The third-order valence-electron chi connectivity index (χ3n) is 3.22. The van der Waals surface area contributed by atoms with E-state index in [1.807, 2.05) is 0 Å². The van der Waals surface area contributed by atoms with E-state index in [0.29, 0.717) is 5.69 Å². The molecular formula is C16H15FN4O3. The van der Waals surface area contributed by atoms with Crippen molar-refractivity contribution in [3.8, 4) is 16.9 Å². The molecule has 24 heavy (non-hydrogen) atoms. The monoisotopic (exact) mass is 330 g/mol. The Bertz CT molecular complexity index is 804. The van der Waals surface area contributed by atoms with Crippen molar-refractivity contribution >= 4 is 5.97 Å². The van der Waals surface area contributed by atoms with Crippen LogP contribution in [-0.4, -0.2) is 24.7 Å². The highest BCUT2D eigenvalue weighted by molar-refractivity contribution is 5.98. The molecule has 0 saturated heterocycles. The van der Waals surface area contributed by atoms with Crippen molar-refractivity contribution in [2.45, 2.75) is 13.5 Å². The zero-order chi connectivity index (χ0) is 17.5. The lowest BCUT2D eigenvalue weighted by atomic mass is 9.99. The summed E-state index contributed by atoms with van der Waals surface area (Å²) in [5.41, 5.74) is 9.30. The fourth-order valence-corrected chi connectivity index (χ4v) is 2.20. The van der Waals surface area contributed by atoms with Crippen LogP contribution in [0.2, 0.25) is 0 Å². The van der Waals surface area contributed by atoms with Gasteiger partial charge in [0.25, 0.3) is 0 Å². The maximum absolute atomic E-state index is 14.4. The molecule has 0 spiro atoms. The number of halogens is 1. The van der Waals surface area contributed by atoms with Crippen molar-refractivity contribution in [2.24, 2.45) is 5.11 Å². The smallest absolute Gasteiger partial charge is 0.340 e. The van der Waals surface area contributed by atoms with Gasteiger partial charge >= 0.3 is 5.97 Å². The van der Waals surface area contributed by atoms with Crippen molar-refractivity contribution in [1.29, 1.82) is 0 Å².